The molecule has 7 N–H and O–H groups in total. The molecule has 1 fully saturated rings. The van der Waals surface area contributed by atoms with Gasteiger partial charge in [-0.2, -0.15) is 0 Å². The first-order valence-electron chi connectivity index (χ1n) is 13.8. The Morgan fingerprint density at radius 3 is 2.51 bits per heavy atom. The van der Waals surface area contributed by atoms with Crippen LogP contribution in [0.2, 0.25) is 0 Å². The molecule has 2 heterocycles. The van der Waals surface area contributed by atoms with Crippen LogP contribution in [0.15, 0.2) is 51.7 Å². The highest BCUT2D eigenvalue weighted by atomic mass is 16.7. The summed E-state index contributed by atoms with van der Waals surface area (Å²) in [6.45, 7) is 5.63. The number of amides is 2. The van der Waals surface area contributed by atoms with E-state index < -0.39 is 65.7 Å². The number of fused-ring (bicyclic) bond motifs is 1. The summed E-state index contributed by atoms with van der Waals surface area (Å²) in [4.78, 5) is 48.6. The average Bonchev–Trinajstić information content (AvgIpc) is 2.95. The van der Waals surface area contributed by atoms with Crippen LogP contribution < -0.4 is 21.4 Å². The molecule has 0 radical (unpaired) electrons. The summed E-state index contributed by atoms with van der Waals surface area (Å²) >= 11 is 0. The fraction of sp³-hybridized carbons (Fsp3) is 0.355. The minimum Gasteiger partial charge on any atom is -0.508 e. The van der Waals surface area contributed by atoms with Gasteiger partial charge in [0, 0.05) is 11.1 Å². The van der Waals surface area contributed by atoms with Gasteiger partial charge >= 0.3 is 11.7 Å². The fourth-order valence-corrected chi connectivity index (χ4v) is 5.11. The molecule has 14 heteroatoms. The number of nitrogens with one attached hydrogen (secondary N) is 1. The van der Waals surface area contributed by atoms with Crippen molar-refractivity contribution in [3.8, 4) is 17.2 Å². The minimum absolute atomic E-state index is 0.0521. The van der Waals surface area contributed by atoms with Gasteiger partial charge in [-0.3, -0.25) is 9.59 Å². The number of allylic oxidation sites excluding steroid dienone is 2. The summed E-state index contributed by atoms with van der Waals surface area (Å²) in [5.74, 6) is -2.39. The number of primary amides is 1. The molecule has 2 aromatic carbocycles. The maximum atomic E-state index is 13.0. The summed E-state index contributed by atoms with van der Waals surface area (Å²) in [6.07, 6.45) is -2.38. The van der Waals surface area contributed by atoms with Crippen LogP contribution in [-0.4, -0.2) is 68.9 Å². The van der Waals surface area contributed by atoms with Gasteiger partial charge in [-0.15, -0.1) is 0 Å². The molecule has 1 aromatic heterocycles. The Labute approximate surface area is 256 Å². The molecule has 0 bridgehead atoms. The van der Waals surface area contributed by atoms with E-state index in [1.54, 1.807) is 13.8 Å². The lowest BCUT2D eigenvalue weighted by atomic mass is 9.81. The van der Waals surface area contributed by atoms with Crippen LogP contribution in [0.3, 0.4) is 0 Å². The van der Waals surface area contributed by atoms with E-state index in [1.807, 2.05) is 0 Å². The zero-order valence-corrected chi connectivity index (χ0v) is 24.9. The molecule has 3 aromatic rings. The Morgan fingerprint density at radius 1 is 1.16 bits per heavy atom. The summed E-state index contributed by atoms with van der Waals surface area (Å²) in [7, 11) is 0. The number of ketones is 1. The molecule has 0 aliphatic carbocycles. The van der Waals surface area contributed by atoms with Gasteiger partial charge in [-0.1, -0.05) is 6.08 Å². The van der Waals surface area contributed by atoms with Crippen molar-refractivity contribution in [2.75, 3.05) is 11.9 Å². The number of anilines is 1. The first kappa shape index (κ1) is 33.0. The van der Waals surface area contributed by atoms with Crippen molar-refractivity contribution in [3.05, 3.63) is 69.6 Å². The van der Waals surface area contributed by atoms with E-state index in [4.69, 9.17) is 24.4 Å². The summed E-state index contributed by atoms with van der Waals surface area (Å²) in [5, 5.41) is 44.2. The Kier molecular flexibility index (Phi) is 9.51. The lowest BCUT2D eigenvalue weighted by Gasteiger charge is -2.47. The second-order valence-corrected chi connectivity index (χ2v) is 11.1. The van der Waals surface area contributed by atoms with E-state index >= 15 is 0 Å². The third-order valence-electron chi connectivity index (χ3n) is 7.53. The van der Waals surface area contributed by atoms with Gasteiger partial charge in [0.1, 0.15) is 23.2 Å². The third-order valence-corrected chi connectivity index (χ3v) is 7.53. The monoisotopic (exact) mass is 626 g/mol. The molecule has 0 unspecified atom stereocenters. The van der Waals surface area contributed by atoms with E-state index in [2.05, 4.69) is 5.32 Å². The Hall–Kier alpha value is -4.92. The summed E-state index contributed by atoms with van der Waals surface area (Å²) < 4.78 is 22.3. The molecule has 240 valence electrons. The molecule has 2 amide bonds. The van der Waals surface area contributed by atoms with Crippen molar-refractivity contribution in [2.24, 2.45) is 11.7 Å². The molecule has 45 heavy (non-hydrogen) atoms. The van der Waals surface area contributed by atoms with Crippen molar-refractivity contribution in [1.29, 1.82) is 0 Å². The maximum absolute atomic E-state index is 13.0. The van der Waals surface area contributed by atoms with Gasteiger partial charge in [0.05, 0.1) is 23.5 Å². The Balaban J connectivity index is 1.61. The largest absolute Gasteiger partial charge is 0.508 e. The van der Waals surface area contributed by atoms with Crippen LogP contribution in [-0.2, 0) is 20.7 Å². The van der Waals surface area contributed by atoms with Crippen molar-refractivity contribution in [3.63, 3.8) is 0 Å². The number of carbonyl (C=O) groups is 3. The van der Waals surface area contributed by atoms with Gasteiger partial charge in [0.25, 0.3) is 5.91 Å². The molecular formula is C31H34N2O12. The highest BCUT2D eigenvalue weighted by molar-refractivity contribution is 6.06. The lowest BCUT2D eigenvalue weighted by Crippen LogP contribution is -2.62. The molecule has 1 aliphatic heterocycles. The number of aromatic hydroxyl groups is 2. The van der Waals surface area contributed by atoms with Crippen molar-refractivity contribution >= 4 is 34.4 Å². The standard InChI is InChI=1S/C31H34N2O12/c1-14(35)6-5-7-16-12-17(8-10-20(16)36)27(39)33-22-23(37)18-9-11-21(15(2)25(18)43-28(22)40)42-29-24(38)26(44-30(32)41)19(13-34)31(3,4)45-29/h5-6,8-12,19,24,26,29,34,36-38H,7,13H2,1-4H3,(H2,32,41)(H,33,39)/b6-5+/t19-,24-,26-,29-/m1/s1. The molecule has 4 atom stereocenters. The molecule has 0 spiro atoms. The number of phenolic OH excluding ortho intramolecular Hbond substituents is 1. The van der Waals surface area contributed by atoms with E-state index in [1.165, 1.54) is 56.3 Å². The van der Waals surface area contributed by atoms with E-state index in [0.29, 0.717) is 5.56 Å². The number of hydrogen-bond acceptors (Lipinski definition) is 12. The molecule has 0 saturated carbocycles. The number of aliphatic hydroxyl groups is 2. The normalized spacial score (nSPS) is 21.0. The second-order valence-electron chi connectivity index (χ2n) is 11.1. The number of nitrogens with two attached hydrogens (primary N) is 1. The average molecular weight is 627 g/mol. The van der Waals surface area contributed by atoms with Crippen molar-refractivity contribution in [1.82, 2.24) is 0 Å². The smallest absolute Gasteiger partial charge is 0.404 e. The van der Waals surface area contributed by atoms with Gasteiger partial charge < -0.3 is 50.1 Å². The van der Waals surface area contributed by atoms with E-state index in [0.717, 1.165) is 0 Å². The number of ether oxygens (including phenoxy) is 3. The first-order valence-corrected chi connectivity index (χ1v) is 13.8. The molecule has 1 saturated heterocycles. The fourth-order valence-electron chi connectivity index (χ4n) is 5.11. The minimum atomic E-state index is -1.57. The van der Waals surface area contributed by atoms with Gasteiger partial charge in [0.2, 0.25) is 6.29 Å². The SMILES string of the molecule is CC(=O)/C=C/Cc1cc(C(=O)Nc2c(O)c3ccc(O[C@@H]4OC(C)(C)[C@H](CO)[C@@H](OC(N)=O)[C@H]4O)c(C)c3oc2=O)ccc1O. The van der Waals surface area contributed by atoms with Crippen LogP contribution >= 0.6 is 0 Å². The number of hydrogen-bond donors (Lipinski definition) is 6. The number of carbonyl (C=O) groups excluding carboxylic acids is 3. The highest BCUT2D eigenvalue weighted by Crippen LogP contribution is 2.39. The predicted octanol–water partition coefficient (Wildman–Crippen LogP) is 2.40. The molecular weight excluding hydrogens is 592 g/mol. The first-order chi connectivity index (χ1) is 21.1. The summed E-state index contributed by atoms with van der Waals surface area (Å²) in [6, 6.07) is 6.77. The quantitative estimate of drug-likeness (QED) is 0.149. The van der Waals surface area contributed by atoms with Gasteiger partial charge in [-0.25, -0.2) is 9.59 Å². The topological polar surface area (TPSA) is 228 Å². The summed E-state index contributed by atoms with van der Waals surface area (Å²) in [5.41, 5.74) is 2.99. The number of benzene rings is 2. The second kappa shape index (κ2) is 13.0. The Morgan fingerprint density at radius 2 is 1.87 bits per heavy atom. The zero-order chi connectivity index (χ0) is 33.2. The van der Waals surface area contributed by atoms with Crippen LogP contribution in [0.1, 0.15) is 42.3 Å². The van der Waals surface area contributed by atoms with Crippen LogP contribution in [0.4, 0.5) is 10.5 Å². The highest BCUT2D eigenvalue weighted by Gasteiger charge is 2.52. The third kappa shape index (κ3) is 6.93. The number of rotatable bonds is 9. The number of aliphatic hydroxyl groups excluding tert-OH is 2. The maximum Gasteiger partial charge on any atom is 0.404 e. The molecule has 4 rings (SSSR count). The number of phenols is 1. The van der Waals surface area contributed by atoms with Crippen LogP contribution in [0.25, 0.3) is 11.0 Å². The molecule has 1 aliphatic rings. The zero-order valence-electron chi connectivity index (χ0n) is 24.9. The van der Waals surface area contributed by atoms with Crippen LogP contribution in [0, 0.1) is 12.8 Å². The Bertz CT molecular complexity index is 1730. The number of aryl methyl sites for hydroxylation is 1. The van der Waals surface area contributed by atoms with Crippen molar-refractivity contribution in [2.45, 2.75) is 58.2 Å². The van der Waals surface area contributed by atoms with Crippen molar-refractivity contribution < 1.29 is 53.4 Å². The lowest BCUT2D eigenvalue weighted by molar-refractivity contribution is -0.290. The molecule has 14 nitrogen and oxygen atoms in total. The van der Waals surface area contributed by atoms with Crippen LogP contribution in [0.5, 0.6) is 17.2 Å². The van der Waals surface area contributed by atoms with Gasteiger partial charge in [0.15, 0.2) is 23.3 Å². The van der Waals surface area contributed by atoms with Gasteiger partial charge in [-0.05, 0) is 76.1 Å². The predicted molar refractivity (Wildman–Crippen MR) is 159 cm³/mol. The van der Waals surface area contributed by atoms with E-state index in [9.17, 15) is 39.6 Å². The van der Waals surface area contributed by atoms with E-state index in [-0.39, 0.29) is 45.8 Å².